The lowest BCUT2D eigenvalue weighted by Crippen LogP contribution is -2.54. The van der Waals surface area contributed by atoms with Gasteiger partial charge >= 0.3 is 0 Å². The van der Waals surface area contributed by atoms with Crippen LogP contribution >= 0.6 is 0 Å². The third-order valence-corrected chi connectivity index (χ3v) is 3.35. The van der Waals surface area contributed by atoms with Crippen LogP contribution in [-0.4, -0.2) is 45.1 Å². The minimum absolute atomic E-state index is 0.120. The van der Waals surface area contributed by atoms with E-state index < -0.39 is 0 Å². The Morgan fingerprint density at radius 1 is 1.44 bits per heavy atom. The first kappa shape index (κ1) is 13.1. The van der Waals surface area contributed by atoms with Crippen molar-refractivity contribution in [2.75, 3.05) is 38.1 Å². The number of benzene rings is 1. The molecule has 0 radical (unpaired) electrons. The Balaban J connectivity index is 2.04. The van der Waals surface area contributed by atoms with E-state index in [4.69, 9.17) is 0 Å². The van der Waals surface area contributed by atoms with Crippen molar-refractivity contribution in [3.63, 3.8) is 0 Å². The van der Waals surface area contributed by atoms with Gasteiger partial charge in [-0.3, -0.25) is 4.79 Å². The number of hydrogen-bond donors (Lipinski definition) is 2. The molecule has 4 heteroatoms. The third kappa shape index (κ3) is 3.09. The number of nitrogens with zero attached hydrogens (tertiary/aromatic N) is 1. The summed E-state index contributed by atoms with van der Waals surface area (Å²) in [7, 11) is 1.97. The van der Waals surface area contributed by atoms with Crippen LogP contribution in [0.1, 0.15) is 17.3 Å². The van der Waals surface area contributed by atoms with E-state index in [0.29, 0.717) is 6.04 Å². The van der Waals surface area contributed by atoms with E-state index in [1.54, 1.807) is 6.92 Å². The van der Waals surface area contributed by atoms with Gasteiger partial charge in [0.1, 0.15) is 0 Å². The molecule has 0 saturated carbocycles. The van der Waals surface area contributed by atoms with E-state index in [-0.39, 0.29) is 5.78 Å². The summed E-state index contributed by atoms with van der Waals surface area (Å²) in [6, 6.07) is 8.38. The zero-order valence-corrected chi connectivity index (χ0v) is 11.1. The van der Waals surface area contributed by atoms with Gasteiger partial charge in [0.25, 0.3) is 0 Å². The predicted molar refractivity (Wildman–Crippen MR) is 74.4 cm³/mol. The minimum atomic E-state index is 0.120. The lowest BCUT2D eigenvalue weighted by atomic mass is 10.1. The SMILES string of the molecule is CNCC1CN(c2ccc(C(C)=O)cc2)CCN1. The van der Waals surface area contributed by atoms with Crippen LogP contribution in [0.2, 0.25) is 0 Å². The molecule has 1 atom stereocenters. The van der Waals surface area contributed by atoms with Crippen LogP contribution in [0.3, 0.4) is 0 Å². The Morgan fingerprint density at radius 3 is 2.78 bits per heavy atom. The normalized spacial score (nSPS) is 19.9. The standard InChI is InChI=1S/C14H21N3O/c1-11(18)12-3-5-14(6-4-12)17-8-7-16-13(10-17)9-15-2/h3-6,13,15-16H,7-10H2,1-2H3. The van der Waals surface area contributed by atoms with Gasteiger partial charge in [0.2, 0.25) is 0 Å². The first-order valence-corrected chi connectivity index (χ1v) is 6.44. The number of piperazine rings is 1. The predicted octanol–water partition coefficient (Wildman–Crippen LogP) is 0.887. The van der Waals surface area contributed by atoms with Crippen molar-refractivity contribution in [3.05, 3.63) is 29.8 Å². The highest BCUT2D eigenvalue weighted by Crippen LogP contribution is 2.17. The summed E-state index contributed by atoms with van der Waals surface area (Å²) in [5, 5.41) is 6.69. The van der Waals surface area contributed by atoms with Gasteiger partial charge < -0.3 is 15.5 Å². The van der Waals surface area contributed by atoms with Crippen molar-refractivity contribution >= 4 is 11.5 Å². The maximum atomic E-state index is 11.2. The molecule has 0 amide bonds. The molecule has 1 heterocycles. The summed E-state index contributed by atoms with van der Waals surface area (Å²) in [6.45, 7) is 5.59. The van der Waals surface area contributed by atoms with Crippen molar-refractivity contribution < 1.29 is 4.79 Å². The van der Waals surface area contributed by atoms with Crippen molar-refractivity contribution in [3.8, 4) is 0 Å². The molecule has 1 unspecified atom stereocenters. The van der Waals surface area contributed by atoms with Crippen molar-refractivity contribution in [2.24, 2.45) is 0 Å². The Hall–Kier alpha value is -1.39. The van der Waals surface area contributed by atoms with Crippen LogP contribution in [0.4, 0.5) is 5.69 Å². The molecular formula is C14H21N3O. The number of ketones is 1. The summed E-state index contributed by atoms with van der Waals surface area (Å²) in [5.41, 5.74) is 1.98. The van der Waals surface area contributed by atoms with E-state index in [1.165, 1.54) is 5.69 Å². The van der Waals surface area contributed by atoms with Gasteiger partial charge in [-0.05, 0) is 38.2 Å². The molecule has 0 bridgehead atoms. The van der Waals surface area contributed by atoms with Crippen LogP contribution in [0, 0.1) is 0 Å². The molecule has 18 heavy (non-hydrogen) atoms. The zero-order chi connectivity index (χ0) is 13.0. The second kappa shape index (κ2) is 5.98. The van der Waals surface area contributed by atoms with Gasteiger partial charge in [-0.15, -0.1) is 0 Å². The zero-order valence-electron chi connectivity index (χ0n) is 11.1. The van der Waals surface area contributed by atoms with Crippen LogP contribution in [0.5, 0.6) is 0 Å². The van der Waals surface area contributed by atoms with E-state index in [9.17, 15) is 4.79 Å². The van der Waals surface area contributed by atoms with Gasteiger partial charge in [0, 0.05) is 43.5 Å². The fourth-order valence-corrected chi connectivity index (χ4v) is 2.35. The molecule has 1 aliphatic heterocycles. The maximum absolute atomic E-state index is 11.2. The third-order valence-electron chi connectivity index (χ3n) is 3.35. The smallest absolute Gasteiger partial charge is 0.159 e. The number of anilines is 1. The summed E-state index contributed by atoms with van der Waals surface area (Å²) >= 11 is 0. The van der Waals surface area contributed by atoms with Gasteiger partial charge in [-0.25, -0.2) is 0 Å². The topological polar surface area (TPSA) is 44.4 Å². The molecule has 0 aromatic heterocycles. The van der Waals surface area contributed by atoms with Gasteiger partial charge in [0.15, 0.2) is 5.78 Å². The van der Waals surface area contributed by atoms with Crippen molar-refractivity contribution in [1.29, 1.82) is 0 Å². The van der Waals surface area contributed by atoms with Crippen LogP contribution in [0.25, 0.3) is 0 Å². The lowest BCUT2D eigenvalue weighted by Gasteiger charge is -2.35. The van der Waals surface area contributed by atoms with E-state index in [1.807, 2.05) is 31.3 Å². The highest BCUT2D eigenvalue weighted by molar-refractivity contribution is 5.94. The van der Waals surface area contributed by atoms with Crippen LogP contribution < -0.4 is 15.5 Å². The van der Waals surface area contributed by atoms with Crippen molar-refractivity contribution in [1.82, 2.24) is 10.6 Å². The second-order valence-electron chi connectivity index (χ2n) is 4.76. The fraction of sp³-hybridized carbons (Fsp3) is 0.500. The van der Waals surface area contributed by atoms with E-state index in [0.717, 1.165) is 31.7 Å². The summed E-state index contributed by atoms with van der Waals surface area (Å²) in [5.74, 6) is 0.120. The number of carbonyl (C=O) groups excluding carboxylic acids is 1. The molecule has 0 aliphatic carbocycles. The highest BCUT2D eigenvalue weighted by atomic mass is 16.1. The fourth-order valence-electron chi connectivity index (χ4n) is 2.35. The molecule has 2 N–H and O–H groups in total. The van der Waals surface area contributed by atoms with E-state index >= 15 is 0 Å². The average Bonchev–Trinajstić information content (AvgIpc) is 2.39. The number of rotatable bonds is 4. The Kier molecular flexibility index (Phi) is 4.33. The molecule has 1 fully saturated rings. The second-order valence-corrected chi connectivity index (χ2v) is 4.76. The molecule has 98 valence electrons. The summed E-state index contributed by atoms with van der Waals surface area (Å²) in [4.78, 5) is 13.6. The molecular weight excluding hydrogens is 226 g/mol. The minimum Gasteiger partial charge on any atom is -0.369 e. The average molecular weight is 247 g/mol. The number of likely N-dealkylation sites (N-methyl/N-ethyl adjacent to an activating group) is 1. The first-order chi connectivity index (χ1) is 8.70. The molecule has 1 saturated heterocycles. The number of Topliss-reactive ketones (excluding diaryl/α,β-unsaturated/α-hetero) is 1. The summed E-state index contributed by atoms with van der Waals surface area (Å²) in [6.07, 6.45) is 0. The van der Waals surface area contributed by atoms with Gasteiger partial charge in [-0.2, -0.15) is 0 Å². The Morgan fingerprint density at radius 2 is 2.17 bits per heavy atom. The molecule has 4 nitrogen and oxygen atoms in total. The number of hydrogen-bond acceptors (Lipinski definition) is 4. The largest absolute Gasteiger partial charge is 0.369 e. The van der Waals surface area contributed by atoms with Crippen LogP contribution in [-0.2, 0) is 0 Å². The first-order valence-electron chi connectivity index (χ1n) is 6.44. The monoisotopic (exact) mass is 247 g/mol. The molecule has 1 aliphatic rings. The molecule has 1 aromatic carbocycles. The molecule has 0 spiro atoms. The quantitative estimate of drug-likeness (QED) is 0.776. The van der Waals surface area contributed by atoms with Gasteiger partial charge in [0.05, 0.1) is 0 Å². The lowest BCUT2D eigenvalue weighted by molar-refractivity contribution is 0.101. The molecule has 1 aromatic rings. The highest BCUT2D eigenvalue weighted by Gasteiger charge is 2.18. The van der Waals surface area contributed by atoms with Gasteiger partial charge in [-0.1, -0.05) is 0 Å². The maximum Gasteiger partial charge on any atom is 0.159 e. The van der Waals surface area contributed by atoms with Crippen molar-refractivity contribution in [2.45, 2.75) is 13.0 Å². The number of carbonyl (C=O) groups is 1. The number of nitrogens with one attached hydrogen (secondary N) is 2. The Bertz CT molecular complexity index is 400. The summed E-state index contributed by atoms with van der Waals surface area (Å²) < 4.78 is 0. The Labute approximate surface area is 108 Å². The van der Waals surface area contributed by atoms with E-state index in [2.05, 4.69) is 15.5 Å². The van der Waals surface area contributed by atoms with Crippen LogP contribution in [0.15, 0.2) is 24.3 Å². The molecule has 2 rings (SSSR count).